The zero-order valence-corrected chi connectivity index (χ0v) is 11.2. The van der Waals surface area contributed by atoms with E-state index in [2.05, 4.69) is 10.5 Å². The molecular weight excluding hydrogens is 296 g/mol. The van der Waals surface area contributed by atoms with Crippen LogP contribution in [0.3, 0.4) is 0 Å². The van der Waals surface area contributed by atoms with Crippen molar-refractivity contribution in [3.05, 3.63) is 4.91 Å². The molecule has 1 fully saturated rings. The van der Waals surface area contributed by atoms with Crippen molar-refractivity contribution in [3.63, 3.8) is 0 Å². The summed E-state index contributed by atoms with van der Waals surface area (Å²) in [6.45, 7) is -0.610. The number of hydrogen-bond donors (Lipinski definition) is 5. The highest BCUT2D eigenvalue weighted by Gasteiger charge is 2.44. The van der Waals surface area contributed by atoms with Crippen LogP contribution in [0.4, 0.5) is 0 Å². The minimum absolute atomic E-state index is 0.00151. The lowest BCUT2D eigenvalue weighted by atomic mass is 9.96. The fraction of sp³-hybridized carbons (Fsp3) is 0.900. The molecule has 116 valence electrons. The number of aliphatic hydroxyl groups excluding tert-OH is 4. The van der Waals surface area contributed by atoms with Crippen molar-refractivity contribution in [2.45, 2.75) is 43.1 Å². The van der Waals surface area contributed by atoms with Crippen molar-refractivity contribution in [2.75, 3.05) is 12.5 Å². The first-order valence-corrected chi connectivity index (χ1v) is 6.49. The molecule has 6 unspecified atom stereocenters. The normalized spacial score (nSPS) is 35.4. The van der Waals surface area contributed by atoms with E-state index < -0.39 is 49.2 Å². The van der Waals surface area contributed by atoms with Crippen LogP contribution >= 0.6 is 11.6 Å². The Morgan fingerprint density at radius 3 is 2.50 bits per heavy atom. The van der Waals surface area contributed by atoms with Crippen LogP contribution in [0, 0.1) is 4.91 Å². The second-order valence-electron chi connectivity index (χ2n) is 4.36. The minimum atomic E-state index is -1.64. The lowest BCUT2D eigenvalue weighted by Crippen LogP contribution is -2.64. The van der Waals surface area contributed by atoms with Crippen LogP contribution in [0.15, 0.2) is 5.18 Å². The summed E-state index contributed by atoms with van der Waals surface area (Å²) in [5.41, 5.74) is 0. The van der Waals surface area contributed by atoms with Gasteiger partial charge in [0.1, 0.15) is 24.4 Å². The molecule has 1 saturated heterocycles. The first-order chi connectivity index (χ1) is 9.46. The van der Waals surface area contributed by atoms with Gasteiger partial charge in [-0.15, -0.1) is 16.5 Å². The van der Waals surface area contributed by atoms with Gasteiger partial charge in [0, 0.05) is 5.88 Å². The molecule has 6 atom stereocenters. The molecule has 0 radical (unpaired) electrons. The van der Waals surface area contributed by atoms with E-state index >= 15 is 0 Å². The highest BCUT2D eigenvalue weighted by molar-refractivity contribution is 6.18. The maximum absolute atomic E-state index is 11.7. The summed E-state index contributed by atoms with van der Waals surface area (Å²) in [6.07, 6.45) is -5.88. The molecule has 0 bridgehead atoms. The molecule has 0 aromatic heterocycles. The number of nitroso groups, excluding NO2 is 1. The van der Waals surface area contributed by atoms with Crippen LogP contribution in [-0.2, 0) is 9.53 Å². The second kappa shape index (κ2) is 7.81. The molecule has 1 aliphatic heterocycles. The largest absolute Gasteiger partial charge is 0.394 e. The van der Waals surface area contributed by atoms with E-state index in [1.807, 2.05) is 0 Å². The molecule has 20 heavy (non-hydrogen) atoms. The molecule has 1 rings (SSSR count). The topological polar surface area (TPSA) is 149 Å². The zero-order valence-electron chi connectivity index (χ0n) is 10.4. The van der Waals surface area contributed by atoms with Crippen LogP contribution in [0.2, 0.25) is 0 Å². The summed E-state index contributed by atoms with van der Waals surface area (Å²) in [5.74, 6) is -0.812. The van der Waals surface area contributed by atoms with E-state index in [9.17, 15) is 25.0 Å². The van der Waals surface area contributed by atoms with E-state index in [1.165, 1.54) is 0 Å². The van der Waals surface area contributed by atoms with Gasteiger partial charge in [0.15, 0.2) is 12.3 Å². The number of ether oxygens (including phenoxy) is 1. The fourth-order valence-corrected chi connectivity index (χ4v) is 2.06. The number of nitrogens with one attached hydrogen (secondary N) is 1. The maximum Gasteiger partial charge on any atom is 0.249 e. The summed E-state index contributed by atoms with van der Waals surface area (Å²) >= 11 is 5.41. The standard InChI is InChI=1S/C10H17ClN2O7/c11-2-1-4(13-19)9(17)12-6-8(16)7(15)5(3-14)20-10(6)18/h4-8,10,14-16,18H,1-3H2,(H,12,17). The van der Waals surface area contributed by atoms with Gasteiger partial charge in [0.05, 0.1) is 6.61 Å². The molecular formula is C10H17ClN2O7. The third-order valence-electron chi connectivity index (χ3n) is 3.02. The summed E-state index contributed by atoms with van der Waals surface area (Å²) in [5, 5.41) is 42.7. The Hall–Kier alpha value is -0.840. The Bertz CT molecular complexity index is 346. The van der Waals surface area contributed by atoms with E-state index in [-0.39, 0.29) is 12.3 Å². The first kappa shape index (κ1) is 17.2. The van der Waals surface area contributed by atoms with Crippen LogP contribution < -0.4 is 5.32 Å². The van der Waals surface area contributed by atoms with Gasteiger partial charge in [-0.3, -0.25) is 4.79 Å². The number of amides is 1. The Balaban J connectivity index is 2.70. The van der Waals surface area contributed by atoms with Crippen LogP contribution in [-0.4, -0.2) is 75.5 Å². The summed E-state index contributed by atoms with van der Waals surface area (Å²) in [4.78, 5) is 22.2. The molecule has 1 amide bonds. The predicted molar refractivity (Wildman–Crippen MR) is 66.8 cm³/mol. The van der Waals surface area contributed by atoms with Gasteiger partial charge < -0.3 is 30.5 Å². The number of hydrogen-bond acceptors (Lipinski definition) is 8. The van der Waals surface area contributed by atoms with Crippen molar-refractivity contribution < 1.29 is 30.0 Å². The average molecular weight is 313 g/mol. The number of rotatable bonds is 6. The summed E-state index contributed by atoms with van der Waals surface area (Å²) < 4.78 is 4.85. The molecule has 0 spiro atoms. The summed E-state index contributed by atoms with van der Waals surface area (Å²) in [6, 6.07) is -2.61. The predicted octanol–water partition coefficient (Wildman–Crippen LogP) is -2.33. The van der Waals surface area contributed by atoms with Gasteiger partial charge in [-0.25, -0.2) is 0 Å². The molecule has 0 saturated carbocycles. The minimum Gasteiger partial charge on any atom is -0.394 e. The van der Waals surface area contributed by atoms with Gasteiger partial charge in [-0.1, -0.05) is 5.18 Å². The molecule has 0 aromatic rings. The number of carbonyl (C=O) groups excluding carboxylic acids is 1. The monoisotopic (exact) mass is 312 g/mol. The van der Waals surface area contributed by atoms with Crippen molar-refractivity contribution in [1.29, 1.82) is 0 Å². The number of alkyl halides is 1. The number of nitrogens with zero attached hydrogens (tertiary/aromatic N) is 1. The van der Waals surface area contributed by atoms with E-state index in [0.717, 1.165) is 0 Å². The number of aliphatic hydroxyl groups is 4. The van der Waals surface area contributed by atoms with E-state index in [4.69, 9.17) is 21.4 Å². The first-order valence-electron chi connectivity index (χ1n) is 5.95. The highest BCUT2D eigenvalue weighted by atomic mass is 35.5. The Labute approximate surface area is 119 Å². The van der Waals surface area contributed by atoms with Crippen LogP contribution in [0.5, 0.6) is 0 Å². The lowest BCUT2D eigenvalue weighted by Gasteiger charge is -2.40. The third kappa shape index (κ3) is 3.84. The molecule has 1 heterocycles. The molecule has 1 aliphatic rings. The van der Waals surface area contributed by atoms with Crippen LogP contribution in [0.1, 0.15) is 6.42 Å². The van der Waals surface area contributed by atoms with Gasteiger partial charge >= 0.3 is 0 Å². The van der Waals surface area contributed by atoms with E-state index in [1.54, 1.807) is 0 Å². The van der Waals surface area contributed by atoms with Gasteiger partial charge in [-0.2, -0.15) is 0 Å². The molecule has 0 aromatic carbocycles. The molecule has 10 heteroatoms. The highest BCUT2D eigenvalue weighted by Crippen LogP contribution is 2.20. The average Bonchev–Trinajstić information content (AvgIpc) is 2.44. The maximum atomic E-state index is 11.7. The summed E-state index contributed by atoms with van der Waals surface area (Å²) in [7, 11) is 0. The van der Waals surface area contributed by atoms with Crippen molar-refractivity contribution in [2.24, 2.45) is 5.18 Å². The third-order valence-corrected chi connectivity index (χ3v) is 3.24. The van der Waals surface area contributed by atoms with Crippen molar-refractivity contribution in [3.8, 4) is 0 Å². The quantitative estimate of drug-likeness (QED) is 0.273. The SMILES string of the molecule is O=NC(CCCl)C(=O)NC1C(O)OC(CO)C(O)C1O. The number of halogens is 1. The molecule has 0 aliphatic carbocycles. The molecule has 5 N–H and O–H groups in total. The Kier molecular flexibility index (Phi) is 6.72. The van der Waals surface area contributed by atoms with E-state index in [0.29, 0.717) is 0 Å². The smallest absolute Gasteiger partial charge is 0.249 e. The lowest BCUT2D eigenvalue weighted by molar-refractivity contribution is -0.253. The number of carbonyl (C=O) groups is 1. The second-order valence-corrected chi connectivity index (χ2v) is 4.74. The van der Waals surface area contributed by atoms with Gasteiger partial charge in [0.25, 0.3) is 0 Å². The van der Waals surface area contributed by atoms with Gasteiger partial charge in [-0.05, 0) is 6.42 Å². The van der Waals surface area contributed by atoms with Crippen molar-refractivity contribution in [1.82, 2.24) is 5.32 Å². The van der Waals surface area contributed by atoms with Gasteiger partial charge in [0.2, 0.25) is 5.91 Å². The van der Waals surface area contributed by atoms with Crippen molar-refractivity contribution >= 4 is 17.5 Å². The zero-order chi connectivity index (χ0) is 15.3. The molecule has 9 nitrogen and oxygen atoms in total. The Morgan fingerprint density at radius 2 is 2.00 bits per heavy atom. The van der Waals surface area contributed by atoms with Crippen LogP contribution in [0.25, 0.3) is 0 Å². The Morgan fingerprint density at radius 1 is 1.35 bits per heavy atom. The fourth-order valence-electron chi connectivity index (χ4n) is 1.85.